The Labute approximate surface area is 150 Å². The van der Waals surface area contributed by atoms with Gasteiger partial charge in [0.05, 0.1) is 11.4 Å². The quantitative estimate of drug-likeness (QED) is 0.714. The highest BCUT2D eigenvalue weighted by Gasteiger charge is 2.18. The van der Waals surface area contributed by atoms with E-state index in [1.165, 1.54) is 17.3 Å². The monoisotopic (exact) mass is 353 g/mol. The number of aryl methyl sites for hydroxylation is 2. The number of amides is 1. The highest BCUT2D eigenvalue weighted by atomic mass is 32.2. The molecule has 3 aromatic rings. The van der Waals surface area contributed by atoms with E-state index in [1.54, 1.807) is 19.4 Å². The van der Waals surface area contributed by atoms with E-state index in [-0.39, 0.29) is 11.7 Å². The molecule has 6 nitrogen and oxygen atoms in total. The van der Waals surface area contributed by atoms with Gasteiger partial charge in [-0.1, -0.05) is 29.5 Å². The van der Waals surface area contributed by atoms with Crippen LogP contribution < -0.4 is 5.32 Å². The largest absolute Gasteiger partial charge is 0.358 e. The van der Waals surface area contributed by atoms with Gasteiger partial charge in [-0.25, -0.2) is 0 Å². The standard InChI is InChI=1S/C18H19N5OS/c1-12-6-7-15(13(2)9-12)23-17(14-5-4-8-20-10-14)21-22-18(23)25-11-16(24)19-3/h4-10H,11H2,1-3H3,(H,19,24). The van der Waals surface area contributed by atoms with Gasteiger partial charge in [0.15, 0.2) is 11.0 Å². The average molecular weight is 353 g/mol. The molecule has 7 heteroatoms. The molecule has 0 radical (unpaired) electrons. The third kappa shape index (κ3) is 3.71. The lowest BCUT2D eigenvalue weighted by Crippen LogP contribution is -2.20. The number of nitrogens with one attached hydrogen (secondary N) is 1. The van der Waals surface area contributed by atoms with Crippen molar-refractivity contribution in [1.29, 1.82) is 0 Å². The van der Waals surface area contributed by atoms with E-state index in [4.69, 9.17) is 0 Å². The Morgan fingerprint density at radius 3 is 2.76 bits per heavy atom. The SMILES string of the molecule is CNC(=O)CSc1nnc(-c2cccnc2)n1-c1ccc(C)cc1C. The zero-order valence-corrected chi connectivity index (χ0v) is 15.2. The molecule has 25 heavy (non-hydrogen) atoms. The highest BCUT2D eigenvalue weighted by molar-refractivity contribution is 7.99. The van der Waals surface area contributed by atoms with Crippen LogP contribution in [0, 0.1) is 13.8 Å². The summed E-state index contributed by atoms with van der Waals surface area (Å²) in [5.41, 5.74) is 4.18. The lowest BCUT2D eigenvalue weighted by Gasteiger charge is -2.13. The summed E-state index contributed by atoms with van der Waals surface area (Å²) in [7, 11) is 1.62. The Bertz CT molecular complexity index is 892. The molecular formula is C18H19N5OS. The second-order valence-electron chi connectivity index (χ2n) is 5.64. The van der Waals surface area contributed by atoms with Crippen molar-refractivity contribution < 1.29 is 4.79 Å². The van der Waals surface area contributed by atoms with Crippen molar-refractivity contribution in [3.8, 4) is 17.1 Å². The number of hydrogen-bond donors (Lipinski definition) is 1. The molecule has 0 fully saturated rings. The number of thioether (sulfide) groups is 1. The van der Waals surface area contributed by atoms with Gasteiger partial charge in [-0.3, -0.25) is 14.3 Å². The van der Waals surface area contributed by atoms with Gasteiger partial charge < -0.3 is 5.32 Å². The van der Waals surface area contributed by atoms with E-state index in [0.717, 1.165) is 16.8 Å². The molecule has 2 heterocycles. The first-order chi connectivity index (χ1) is 12.1. The van der Waals surface area contributed by atoms with E-state index in [9.17, 15) is 4.79 Å². The number of hydrogen-bond acceptors (Lipinski definition) is 5. The molecule has 0 aliphatic heterocycles. The first-order valence-corrected chi connectivity index (χ1v) is 8.85. The summed E-state index contributed by atoms with van der Waals surface area (Å²) in [6.07, 6.45) is 3.49. The first kappa shape index (κ1) is 17.2. The third-order valence-electron chi connectivity index (χ3n) is 3.76. The van der Waals surface area contributed by atoms with E-state index >= 15 is 0 Å². The fraction of sp³-hybridized carbons (Fsp3) is 0.222. The number of nitrogens with zero attached hydrogens (tertiary/aromatic N) is 4. The minimum Gasteiger partial charge on any atom is -0.358 e. The second kappa shape index (κ2) is 7.48. The Kier molecular flexibility index (Phi) is 5.14. The van der Waals surface area contributed by atoms with E-state index < -0.39 is 0 Å². The van der Waals surface area contributed by atoms with Gasteiger partial charge in [0.1, 0.15) is 0 Å². The molecule has 2 aromatic heterocycles. The maximum Gasteiger partial charge on any atom is 0.230 e. The van der Waals surface area contributed by atoms with Crippen LogP contribution in [-0.2, 0) is 4.79 Å². The van der Waals surface area contributed by atoms with E-state index in [1.807, 2.05) is 16.7 Å². The first-order valence-electron chi connectivity index (χ1n) is 7.87. The molecule has 0 saturated heterocycles. The molecule has 128 valence electrons. The van der Waals surface area contributed by atoms with Crippen molar-refractivity contribution in [2.24, 2.45) is 0 Å². The maximum absolute atomic E-state index is 11.6. The molecule has 0 bridgehead atoms. The van der Waals surface area contributed by atoms with Gasteiger partial charge in [0.2, 0.25) is 5.91 Å². The van der Waals surface area contributed by atoms with Crippen molar-refractivity contribution in [1.82, 2.24) is 25.1 Å². The molecule has 1 aromatic carbocycles. The summed E-state index contributed by atoms with van der Waals surface area (Å²) in [5.74, 6) is 0.939. The van der Waals surface area contributed by atoms with Crippen LogP contribution in [-0.4, -0.2) is 38.5 Å². The number of rotatable bonds is 5. The summed E-state index contributed by atoms with van der Waals surface area (Å²) in [6, 6.07) is 10.0. The smallest absolute Gasteiger partial charge is 0.230 e. The Hall–Kier alpha value is -2.67. The molecule has 0 aliphatic rings. The van der Waals surface area contributed by atoms with Gasteiger partial charge in [-0.15, -0.1) is 10.2 Å². The molecule has 3 rings (SSSR count). The normalized spacial score (nSPS) is 10.7. The number of carbonyl (C=O) groups excluding carboxylic acids is 1. The van der Waals surface area contributed by atoms with Crippen LogP contribution in [0.15, 0.2) is 47.9 Å². The van der Waals surface area contributed by atoms with Gasteiger partial charge >= 0.3 is 0 Å². The number of benzene rings is 1. The van der Waals surface area contributed by atoms with E-state index in [2.05, 4.69) is 52.5 Å². The zero-order valence-electron chi connectivity index (χ0n) is 14.4. The second-order valence-corrected chi connectivity index (χ2v) is 6.58. The zero-order chi connectivity index (χ0) is 17.8. The fourth-order valence-electron chi connectivity index (χ4n) is 2.52. The predicted molar refractivity (Wildman–Crippen MR) is 98.9 cm³/mol. The lowest BCUT2D eigenvalue weighted by atomic mass is 10.1. The molecule has 1 amide bonds. The lowest BCUT2D eigenvalue weighted by molar-refractivity contribution is -0.118. The van der Waals surface area contributed by atoms with Crippen LogP contribution in [0.5, 0.6) is 0 Å². The Balaban J connectivity index is 2.11. The number of aromatic nitrogens is 4. The van der Waals surface area contributed by atoms with Gasteiger partial charge in [-0.05, 0) is 37.6 Å². The van der Waals surface area contributed by atoms with Crippen molar-refractivity contribution in [2.45, 2.75) is 19.0 Å². The number of pyridine rings is 1. The third-order valence-corrected chi connectivity index (χ3v) is 4.69. The predicted octanol–water partition coefficient (Wildman–Crippen LogP) is 2.78. The molecular weight excluding hydrogens is 334 g/mol. The van der Waals surface area contributed by atoms with Crippen LogP contribution >= 0.6 is 11.8 Å². The van der Waals surface area contributed by atoms with Crippen molar-refractivity contribution >= 4 is 17.7 Å². The molecule has 0 atom stereocenters. The fourth-order valence-corrected chi connectivity index (χ4v) is 3.34. The van der Waals surface area contributed by atoms with Gasteiger partial charge in [-0.2, -0.15) is 0 Å². The van der Waals surface area contributed by atoms with Crippen molar-refractivity contribution in [3.63, 3.8) is 0 Å². The molecule has 0 unspecified atom stereocenters. The molecule has 0 spiro atoms. The Morgan fingerprint density at radius 1 is 1.24 bits per heavy atom. The number of carbonyl (C=O) groups is 1. The Morgan fingerprint density at radius 2 is 2.08 bits per heavy atom. The molecule has 0 saturated carbocycles. The van der Waals surface area contributed by atoms with Crippen molar-refractivity contribution in [3.05, 3.63) is 53.9 Å². The van der Waals surface area contributed by atoms with Crippen LogP contribution in [0.1, 0.15) is 11.1 Å². The molecule has 0 aliphatic carbocycles. The van der Waals surface area contributed by atoms with Gasteiger partial charge in [0.25, 0.3) is 0 Å². The van der Waals surface area contributed by atoms with Crippen LogP contribution in [0.4, 0.5) is 0 Å². The highest BCUT2D eigenvalue weighted by Crippen LogP contribution is 2.29. The summed E-state index contributed by atoms with van der Waals surface area (Å²) < 4.78 is 1.99. The average Bonchev–Trinajstić information content (AvgIpc) is 3.04. The maximum atomic E-state index is 11.6. The summed E-state index contributed by atoms with van der Waals surface area (Å²) >= 11 is 1.36. The van der Waals surface area contributed by atoms with Crippen LogP contribution in [0.3, 0.4) is 0 Å². The summed E-state index contributed by atoms with van der Waals surface area (Å²) in [6.45, 7) is 4.12. The topological polar surface area (TPSA) is 72.7 Å². The molecule has 1 N–H and O–H groups in total. The van der Waals surface area contributed by atoms with Gasteiger partial charge in [0, 0.05) is 25.0 Å². The summed E-state index contributed by atoms with van der Waals surface area (Å²) in [4.78, 5) is 15.8. The van der Waals surface area contributed by atoms with Crippen molar-refractivity contribution in [2.75, 3.05) is 12.8 Å². The van der Waals surface area contributed by atoms with E-state index in [0.29, 0.717) is 11.0 Å². The minimum atomic E-state index is -0.0527. The van der Waals surface area contributed by atoms with Crippen LogP contribution in [0.25, 0.3) is 17.1 Å². The summed E-state index contributed by atoms with van der Waals surface area (Å²) in [5, 5.41) is 12.0. The minimum absolute atomic E-state index is 0.0527. The van der Waals surface area contributed by atoms with Crippen LogP contribution in [0.2, 0.25) is 0 Å².